The van der Waals surface area contributed by atoms with Gasteiger partial charge in [0, 0.05) is 12.1 Å². The van der Waals surface area contributed by atoms with Crippen LogP contribution in [0.1, 0.15) is 15.9 Å². The number of anilines is 1. The molecular weight excluding hydrogens is 426 g/mol. The molecule has 0 unspecified atom stereocenters. The van der Waals surface area contributed by atoms with Gasteiger partial charge < -0.3 is 24.8 Å². The summed E-state index contributed by atoms with van der Waals surface area (Å²) in [6.07, 6.45) is 0. The van der Waals surface area contributed by atoms with E-state index in [1.165, 1.54) is 11.3 Å². The number of ether oxygens (including phenoxy) is 3. The average molecular weight is 448 g/mol. The molecule has 1 aliphatic heterocycles. The van der Waals surface area contributed by atoms with E-state index in [9.17, 15) is 4.79 Å². The van der Waals surface area contributed by atoms with Gasteiger partial charge in [-0.3, -0.25) is 4.79 Å². The number of amides is 1. The normalized spacial score (nSPS) is 12.0. The Hall–Kier alpha value is -3.78. The number of benzene rings is 3. The highest BCUT2D eigenvalue weighted by atomic mass is 32.1. The Morgan fingerprint density at radius 1 is 1.03 bits per heavy atom. The zero-order valence-corrected chi connectivity index (χ0v) is 18.0. The molecule has 0 saturated carbocycles. The van der Waals surface area contributed by atoms with Crippen molar-refractivity contribution in [2.45, 2.75) is 6.54 Å². The molecule has 0 radical (unpaired) electrons. The van der Waals surface area contributed by atoms with E-state index in [1.807, 2.05) is 60.7 Å². The Bertz CT molecular complexity index is 1240. The summed E-state index contributed by atoms with van der Waals surface area (Å²) in [5.41, 5.74) is 2.53. The van der Waals surface area contributed by atoms with Crippen molar-refractivity contribution in [3.05, 3.63) is 77.9 Å². The summed E-state index contributed by atoms with van der Waals surface area (Å²) in [5.74, 6) is 2.19. The van der Waals surface area contributed by atoms with Gasteiger partial charge in [0.25, 0.3) is 5.91 Å². The maximum Gasteiger partial charge on any atom is 0.251 e. The van der Waals surface area contributed by atoms with Gasteiger partial charge in [0.05, 0.1) is 16.8 Å². The first-order valence-electron chi connectivity index (χ1n) is 10.2. The Balaban J connectivity index is 1.16. The van der Waals surface area contributed by atoms with Gasteiger partial charge in [-0.05, 0) is 48.0 Å². The first-order chi connectivity index (χ1) is 15.7. The zero-order valence-electron chi connectivity index (χ0n) is 17.2. The largest absolute Gasteiger partial charge is 0.492 e. The molecule has 1 amide bonds. The van der Waals surface area contributed by atoms with E-state index in [-0.39, 0.29) is 12.7 Å². The molecular formula is C24H21N3O4S. The molecule has 32 heavy (non-hydrogen) atoms. The van der Waals surface area contributed by atoms with E-state index in [0.717, 1.165) is 38.2 Å². The lowest BCUT2D eigenvalue weighted by molar-refractivity contribution is 0.0947. The summed E-state index contributed by atoms with van der Waals surface area (Å²) < 4.78 is 17.3. The summed E-state index contributed by atoms with van der Waals surface area (Å²) in [7, 11) is 0. The lowest BCUT2D eigenvalue weighted by Crippen LogP contribution is -2.28. The summed E-state index contributed by atoms with van der Waals surface area (Å²) in [6.45, 7) is 1.72. The molecule has 0 spiro atoms. The van der Waals surface area contributed by atoms with E-state index in [0.29, 0.717) is 25.3 Å². The highest BCUT2D eigenvalue weighted by Crippen LogP contribution is 2.33. The van der Waals surface area contributed by atoms with Crippen molar-refractivity contribution in [1.82, 2.24) is 10.3 Å². The van der Waals surface area contributed by atoms with E-state index < -0.39 is 0 Å². The predicted molar refractivity (Wildman–Crippen MR) is 124 cm³/mol. The number of fused-ring (bicyclic) bond motifs is 2. The van der Waals surface area contributed by atoms with E-state index in [2.05, 4.69) is 15.6 Å². The van der Waals surface area contributed by atoms with Gasteiger partial charge in [0.1, 0.15) is 12.4 Å². The van der Waals surface area contributed by atoms with Gasteiger partial charge in [-0.15, -0.1) is 0 Å². The molecule has 1 aromatic heterocycles. The van der Waals surface area contributed by atoms with Crippen LogP contribution in [0.2, 0.25) is 0 Å². The van der Waals surface area contributed by atoms with Crippen LogP contribution in [0.3, 0.4) is 0 Å². The second kappa shape index (κ2) is 9.15. The Morgan fingerprint density at radius 2 is 1.91 bits per heavy atom. The maximum absolute atomic E-state index is 12.5. The highest BCUT2D eigenvalue weighted by Gasteiger charge is 2.14. The molecule has 2 heterocycles. The summed E-state index contributed by atoms with van der Waals surface area (Å²) in [6, 6.07) is 20.9. The Morgan fingerprint density at radius 3 is 2.81 bits per heavy atom. The van der Waals surface area contributed by atoms with Crippen LogP contribution in [0.25, 0.3) is 10.2 Å². The number of carbonyl (C=O) groups excluding carboxylic acids is 1. The molecule has 2 N–H and O–H groups in total. The van der Waals surface area contributed by atoms with Crippen LogP contribution in [-0.2, 0) is 6.54 Å². The van der Waals surface area contributed by atoms with Gasteiger partial charge in [0.15, 0.2) is 16.6 Å². The van der Waals surface area contributed by atoms with E-state index >= 15 is 0 Å². The Labute approximate surface area is 189 Å². The molecule has 0 bridgehead atoms. The number of hydrogen-bond acceptors (Lipinski definition) is 7. The smallest absolute Gasteiger partial charge is 0.251 e. The molecule has 162 valence electrons. The minimum Gasteiger partial charge on any atom is -0.492 e. The average Bonchev–Trinajstić information content (AvgIpc) is 3.46. The fourth-order valence-corrected chi connectivity index (χ4v) is 4.22. The molecule has 4 aromatic rings. The lowest BCUT2D eigenvalue weighted by atomic mass is 10.2. The van der Waals surface area contributed by atoms with Crippen LogP contribution in [0.5, 0.6) is 17.2 Å². The number of carbonyl (C=O) groups is 1. The van der Waals surface area contributed by atoms with Crippen LogP contribution in [0.4, 0.5) is 5.13 Å². The van der Waals surface area contributed by atoms with Crippen LogP contribution in [0, 0.1) is 0 Å². The molecule has 5 rings (SSSR count). The van der Waals surface area contributed by atoms with Crippen molar-refractivity contribution < 1.29 is 19.0 Å². The molecule has 0 aliphatic carbocycles. The molecule has 0 atom stereocenters. The van der Waals surface area contributed by atoms with Gasteiger partial charge in [-0.25, -0.2) is 4.98 Å². The third-order valence-corrected chi connectivity index (χ3v) is 5.91. The minimum atomic E-state index is -0.133. The highest BCUT2D eigenvalue weighted by molar-refractivity contribution is 7.22. The number of aromatic nitrogens is 1. The fourth-order valence-electron chi connectivity index (χ4n) is 3.32. The number of nitrogens with one attached hydrogen (secondary N) is 2. The number of nitrogens with zero attached hydrogens (tertiary/aromatic N) is 1. The van der Waals surface area contributed by atoms with Gasteiger partial charge >= 0.3 is 0 Å². The van der Waals surface area contributed by atoms with E-state index in [4.69, 9.17) is 14.2 Å². The summed E-state index contributed by atoms with van der Waals surface area (Å²) in [5, 5.41) is 7.03. The second-order valence-electron chi connectivity index (χ2n) is 7.16. The van der Waals surface area contributed by atoms with Gasteiger partial charge in [0.2, 0.25) is 6.79 Å². The monoisotopic (exact) mass is 447 g/mol. The van der Waals surface area contributed by atoms with Gasteiger partial charge in [-0.2, -0.15) is 0 Å². The van der Waals surface area contributed by atoms with Crippen LogP contribution < -0.4 is 24.8 Å². The quantitative estimate of drug-likeness (QED) is 0.389. The minimum absolute atomic E-state index is 0.133. The maximum atomic E-state index is 12.5. The van der Waals surface area contributed by atoms with E-state index in [1.54, 1.807) is 6.07 Å². The summed E-state index contributed by atoms with van der Waals surface area (Å²) >= 11 is 1.52. The zero-order chi connectivity index (χ0) is 21.8. The Kier molecular flexibility index (Phi) is 5.76. The molecule has 1 aliphatic rings. The molecule has 3 aromatic carbocycles. The SMILES string of the molecule is O=C(NCCOc1ccccc1)c1ccc2nc(NCc3ccc4c(c3)OCO4)sc2c1. The second-order valence-corrected chi connectivity index (χ2v) is 8.19. The van der Waals surface area contributed by atoms with Crippen molar-refractivity contribution in [2.75, 3.05) is 25.3 Å². The van der Waals surface area contributed by atoms with Crippen molar-refractivity contribution in [3.8, 4) is 17.2 Å². The van der Waals surface area contributed by atoms with Crippen molar-refractivity contribution in [3.63, 3.8) is 0 Å². The fraction of sp³-hybridized carbons (Fsp3) is 0.167. The molecule has 8 heteroatoms. The van der Waals surface area contributed by atoms with Crippen LogP contribution in [-0.4, -0.2) is 30.8 Å². The number of para-hydroxylation sites is 1. The number of rotatable bonds is 8. The topological polar surface area (TPSA) is 81.7 Å². The van der Waals surface area contributed by atoms with Crippen LogP contribution >= 0.6 is 11.3 Å². The lowest BCUT2D eigenvalue weighted by Gasteiger charge is -2.07. The van der Waals surface area contributed by atoms with Crippen molar-refractivity contribution in [1.29, 1.82) is 0 Å². The van der Waals surface area contributed by atoms with Crippen molar-refractivity contribution >= 4 is 32.6 Å². The number of hydrogen-bond donors (Lipinski definition) is 2. The molecule has 0 saturated heterocycles. The standard InChI is InChI=1S/C24H21N3O4S/c28-23(25-10-11-29-18-4-2-1-3-5-18)17-7-8-19-22(13-17)32-24(27-19)26-14-16-6-9-20-21(12-16)31-15-30-20/h1-9,12-13H,10-11,14-15H2,(H,25,28)(H,26,27). The summed E-state index contributed by atoms with van der Waals surface area (Å²) in [4.78, 5) is 17.1. The third kappa shape index (κ3) is 4.60. The number of thiazole rings is 1. The van der Waals surface area contributed by atoms with Crippen molar-refractivity contribution in [2.24, 2.45) is 0 Å². The first-order valence-corrected chi connectivity index (χ1v) is 11.1. The van der Waals surface area contributed by atoms with Gasteiger partial charge in [-0.1, -0.05) is 35.6 Å². The first kappa shape index (κ1) is 20.1. The van der Waals surface area contributed by atoms with Crippen LogP contribution in [0.15, 0.2) is 66.7 Å². The third-order valence-electron chi connectivity index (χ3n) is 4.93. The molecule has 0 fully saturated rings. The molecule has 7 nitrogen and oxygen atoms in total. The predicted octanol–water partition coefficient (Wildman–Crippen LogP) is 4.45.